The van der Waals surface area contributed by atoms with E-state index >= 15 is 0 Å². The summed E-state index contributed by atoms with van der Waals surface area (Å²) in [6, 6.07) is 0. The van der Waals surface area contributed by atoms with Crippen molar-refractivity contribution in [2.45, 2.75) is 0 Å². The van der Waals surface area contributed by atoms with Gasteiger partial charge in [-0.3, -0.25) is 0 Å². The quantitative estimate of drug-likeness (QED) is 0.484. The van der Waals surface area contributed by atoms with E-state index in [1.165, 1.54) is 0 Å². The first-order valence-corrected chi connectivity index (χ1v) is 5.51. The molecule has 0 bridgehead atoms. The molecule has 0 spiro atoms. The fraction of sp³-hybridized carbons (Fsp3) is 1.00. The van der Waals surface area contributed by atoms with Crippen LogP contribution in [0.3, 0.4) is 0 Å². The van der Waals surface area contributed by atoms with E-state index in [1.807, 2.05) is 0 Å². The number of rotatable bonds is 4. The van der Waals surface area contributed by atoms with E-state index in [1.54, 1.807) is 0 Å². The summed E-state index contributed by atoms with van der Waals surface area (Å²) in [5.41, 5.74) is 0. The predicted octanol–water partition coefficient (Wildman–Crippen LogP) is -0.621. The Kier molecular flexibility index (Phi) is 14.5. The molecule has 0 rings (SSSR count). The second-order valence-electron chi connectivity index (χ2n) is 2.13. The van der Waals surface area contributed by atoms with Gasteiger partial charge in [-0.25, -0.2) is 0 Å². The topological polar surface area (TPSA) is 80.9 Å². The summed E-state index contributed by atoms with van der Waals surface area (Å²) in [7, 11) is -2.47. The Bertz CT molecular complexity index is 63.0. The molecule has 0 aliphatic rings. The molecule has 0 unspecified atom stereocenters. The molecule has 0 saturated heterocycles. The van der Waals surface area contributed by atoms with Gasteiger partial charge in [0, 0.05) is 0 Å². The van der Waals surface area contributed by atoms with E-state index in [2.05, 4.69) is 0 Å². The van der Waals surface area contributed by atoms with E-state index in [0.29, 0.717) is 0 Å². The van der Waals surface area contributed by atoms with Gasteiger partial charge in [0.05, 0.1) is 0 Å². The Morgan fingerprint density at radius 2 is 0.818 bits per heavy atom. The van der Waals surface area contributed by atoms with Crippen LogP contribution in [-0.4, -0.2) is 45.8 Å². The normalized spacial score (nSPS) is 11.3. The molecular weight excluding hydrogens is 214 g/mol. The van der Waals surface area contributed by atoms with Crippen LogP contribution in [0.1, 0.15) is 0 Å². The van der Waals surface area contributed by atoms with Gasteiger partial charge in [-0.15, -0.1) is 24.8 Å². The van der Waals surface area contributed by atoms with Gasteiger partial charge in [-0.2, -0.15) is 0 Å². The average molecular weight is 229 g/mol. The van der Waals surface area contributed by atoms with Crippen LogP contribution in [0.15, 0.2) is 0 Å². The second kappa shape index (κ2) is 8.94. The number of aliphatic hydroxyl groups is 4. The zero-order valence-corrected chi connectivity index (χ0v) is 8.57. The van der Waals surface area contributed by atoms with Gasteiger partial charge < -0.3 is 0 Å². The third kappa shape index (κ3) is 5.15. The van der Waals surface area contributed by atoms with Gasteiger partial charge in [0.1, 0.15) is 0 Å². The van der Waals surface area contributed by atoms with Gasteiger partial charge in [-0.05, 0) is 0 Å². The molecule has 0 radical (unpaired) electrons. The van der Waals surface area contributed by atoms with Crippen molar-refractivity contribution < 1.29 is 20.4 Å². The van der Waals surface area contributed by atoms with Crippen molar-refractivity contribution >= 4 is 32.1 Å². The summed E-state index contributed by atoms with van der Waals surface area (Å²) in [6.45, 7) is 0. The number of hydrogen-bond acceptors (Lipinski definition) is 4. The van der Waals surface area contributed by atoms with Crippen molar-refractivity contribution in [2.24, 2.45) is 0 Å². The minimum atomic E-state index is -2.47. The molecule has 0 fully saturated rings. The maximum atomic E-state index is 8.56. The van der Waals surface area contributed by atoms with Crippen LogP contribution in [0.5, 0.6) is 0 Å². The Hall–Kier alpha value is 0.850. The van der Waals surface area contributed by atoms with Crippen molar-refractivity contribution in [3.63, 3.8) is 0 Å². The molecule has 0 atom stereocenters. The maximum absolute atomic E-state index is 8.56. The van der Waals surface area contributed by atoms with Crippen molar-refractivity contribution in [1.82, 2.24) is 0 Å². The first kappa shape index (κ1) is 17.8. The summed E-state index contributed by atoms with van der Waals surface area (Å²) >= 11 is 0. The van der Waals surface area contributed by atoms with Crippen molar-refractivity contribution in [2.75, 3.05) is 25.4 Å². The molecule has 0 aromatic heterocycles. The van der Waals surface area contributed by atoms with Crippen molar-refractivity contribution in [3.05, 3.63) is 0 Å². The van der Waals surface area contributed by atoms with Crippen LogP contribution in [0.25, 0.3) is 0 Å². The fourth-order valence-electron chi connectivity index (χ4n) is 0.300. The molecule has 0 aromatic carbocycles. The van der Waals surface area contributed by atoms with Gasteiger partial charge >= 0.3 is 53.1 Å². The van der Waals surface area contributed by atoms with Crippen LogP contribution < -0.4 is 0 Å². The SMILES string of the molecule is Cl.Cl.OC[PH](CO)(CO)CO. The van der Waals surface area contributed by atoms with Gasteiger partial charge in [0.2, 0.25) is 0 Å². The van der Waals surface area contributed by atoms with Crippen LogP contribution in [-0.2, 0) is 0 Å². The molecule has 11 heavy (non-hydrogen) atoms. The molecule has 7 heteroatoms. The third-order valence-electron chi connectivity index (χ3n) is 1.34. The first-order valence-electron chi connectivity index (χ1n) is 2.68. The minimum absolute atomic E-state index is 0. The molecule has 4 nitrogen and oxygen atoms in total. The molecule has 4 N–H and O–H groups in total. The van der Waals surface area contributed by atoms with Crippen LogP contribution in [0.2, 0.25) is 0 Å². The Morgan fingerprint density at radius 3 is 0.818 bits per heavy atom. The van der Waals surface area contributed by atoms with E-state index in [4.69, 9.17) is 20.4 Å². The van der Waals surface area contributed by atoms with Crippen LogP contribution in [0, 0.1) is 0 Å². The van der Waals surface area contributed by atoms with Gasteiger partial charge in [-0.1, -0.05) is 0 Å². The van der Waals surface area contributed by atoms with E-state index < -0.39 is 7.26 Å². The van der Waals surface area contributed by atoms with Crippen molar-refractivity contribution in [3.8, 4) is 0 Å². The van der Waals surface area contributed by atoms with Crippen LogP contribution in [0.4, 0.5) is 0 Å². The number of halogens is 2. The second-order valence-corrected chi connectivity index (χ2v) is 6.40. The van der Waals surface area contributed by atoms with Gasteiger partial charge in [0.15, 0.2) is 0 Å². The molecule has 0 heterocycles. The molecule has 0 aromatic rings. The molecular formula is C4H15Cl2O4P. The zero-order chi connectivity index (χ0) is 7.33. The summed E-state index contributed by atoms with van der Waals surface area (Å²) in [6.07, 6.45) is -1.07. The van der Waals surface area contributed by atoms with Crippen molar-refractivity contribution in [1.29, 1.82) is 0 Å². The zero-order valence-electron chi connectivity index (χ0n) is 5.93. The summed E-state index contributed by atoms with van der Waals surface area (Å²) in [5, 5.41) is 34.2. The molecule has 0 aliphatic heterocycles. The molecule has 74 valence electrons. The third-order valence-corrected chi connectivity index (χ3v) is 4.02. The average Bonchev–Trinajstić information content (AvgIpc) is 1.95. The van der Waals surface area contributed by atoms with E-state index in [9.17, 15) is 0 Å². The summed E-state index contributed by atoms with van der Waals surface area (Å²) in [5.74, 6) is 0. The Morgan fingerprint density at radius 1 is 0.636 bits per heavy atom. The molecule has 0 amide bonds. The summed E-state index contributed by atoms with van der Waals surface area (Å²) < 4.78 is 0. The van der Waals surface area contributed by atoms with E-state index in [-0.39, 0.29) is 50.2 Å². The fourth-order valence-corrected chi connectivity index (χ4v) is 0.900. The summed E-state index contributed by atoms with van der Waals surface area (Å²) in [4.78, 5) is 0. The number of aliphatic hydroxyl groups excluding tert-OH is 4. The standard InChI is InChI=1S/C4H13O4P.2ClH/c5-1-9(2-6,3-7)4-8;;/h5-9H,1-4H2;2*1H. The first-order chi connectivity index (χ1) is 4.24. The molecule has 0 aliphatic carbocycles. The molecule has 0 saturated carbocycles. The predicted molar refractivity (Wildman–Crippen MR) is 51.2 cm³/mol. The Balaban J connectivity index is -0.000000320. The van der Waals surface area contributed by atoms with E-state index in [0.717, 1.165) is 0 Å². The van der Waals surface area contributed by atoms with Gasteiger partial charge in [0.25, 0.3) is 0 Å². The number of hydrogen-bond donors (Lipinski definition) is 4. The Labute approximate surface area is 78.4 Å². The monoisotopic (exact) mass is 228 g/mol. The van der Waals surface area contributed by atoms with Crippen LogP contribution >= 0.6 is 32.1 Å².